The molecule has 11 heteroatoms. The molecule has 1 unspecified atom stereocenters. The molecule has 0 bridgehead atoms. The number of esters is 1. The van der Waals surface area contributed by atoms with Crippen LogP contribution < -0.4 is 16.6 Å². The van der Waals surface area contributed by atoms with Crippen molar-refractivity contribution >= 4 is 28.2 Å². The lowest BCUT2D eigenvalue weighted by Crippen LogP contribution is -2.37. The molecule has 2 heterocycles. The van der Waals surface area contributed by atoms with Gasteiger partial charge >= 0.3 is 12.1 Å². The van der Waals surface area contributed by atoms with E-state index in [-0.39, 0.29) is 29.7 Å². The fourth-order valence-electron chi connectivity index (χ4n) is 4.92. The van der Waals surface area contributed by atoms with E-state index in [0.717, 1.165) is 43.6 Å². The number of carbonyl (C=O) groups excluding carboxylic acids is 1. The molecule has 2 aromatic carbocycles. The first kappa shape index (κ1) is 27.4. The first-order valence-corrected chi connectivity index (χ1v) is 12.6. The number of nitrogens with zero attached hydrogens (tertiary/aromatic N) is 3. The molecule has 8 nitrogen and oxygen atoms in total. The van der Waals surface area contributed by atoms with Crippen molar-refractivity contribution in [2.45, 2.75) is 44.8 Å². The normalized spacial score (nSPS) is 15.9. The first-order valence-electron chi connectivity index (χ1n) is 12.6. The maximum absolute atomic E-state index is 13.3. The van der Waals surface area contributed by atoms with Crippen LogP contribution in [-0.4, -0.2) is 46.9 Å². The second-order valence-corrected chi connectivity index (χ2v) is 9.69. The summed E-state index contributed by atoms with van der Waals surface area (Å²) in [7, 11) is 1.53. The van der Waals surface area contributed by atoms with Crippen LogP contribution in [0.3, 0.4) is 0 Å². The Labute approximate surface area is 218 Å². The number of rotatable bonds is 7. The van der Waals surface area contributed by atoms with E-state index in [9.17, 15) is 22.8 Å². The second kappa shape index (κ2) is 11.0. The van der Waals surface area contributed by atoms with Gasteiger partial charge in [0.1, 0.15) is 0 Å². The van der Waals surface area contributed by atoms with Gasteiger partial charge in [0.15, 0.2) is 5.82 Å². The molecule has 204 valence electrons. The highest BCUT2D eigenvalue weighted by Gasteiger charge is 2.31. The Morgan fingerprint density at radius 3 is 2.55 bits per heavy atom. The number of nitrogens with one attached hydrogen (secondary N) is 1. The zero-order valence-electron chi connectivity index (χ0n) is 21.6. The van der Waals surface area contributed by atoms with Crippen LogP contribution in [0.15, 0.2) is 41.2 Å². The van der Waals surface area contributed by atoms with Crippen LogP contribution in [0.25, 0.3) is 10.8 Å². The molecule has 0 saturated carbocycles. The molecule has 1 atom stereocenters. The van der Waals surface area contributed by atoms with E-state index in [2.05, 4.69) is 15.3 Å². The Balaban J connectivity index is 1.60. The SMILES string of the molecule is CCOC(=O)CN1CCC(c2ccc3c(=O)n(C)nc(NC(C)c4cc(N)cc(C(F)(F)F)c4)c3c2)CC1. The minimum Gasteiger partial charge on any atom is -0.465 e. The molecule has 1 aliphatic heterocycles. The van der Waals surface area contributed by atoms with Crippen molar-refractivity contribution in [1.29, 1.82) is 0 Å². The molecule has 0 radical (unpaired) electrons. The largest absolute Gasteiger partial charge is 0.465 e. The number of carbonyl (C=O) groups is 1. The van der Waals surface area contributed by atoms with Crippen LogP contribution in [0, 0.1) is 0 Å². The first-order chi connectivity index (χ1) is 18.0. The maximum Gasteiger partial charge on any atom is 0.416 e. The number of nitrogen functional groups attached to an aromatic ring is 1. The van der Waals surface area contributed by atoms with E-state index < -0.39 is 17.8 Å². The predicted octanol–water partition coefficient (Wildman–Crippen LogP) is 4.45. The van der Waals surface area contributed by atoms with Gasteiger partial charge in [-0.15, -0.1) is 0 Å². The van der Waals surface area contributed by atoms with Gasteiger partial charge in [-0.2, -0.15) is 18.3 Å². The summed E-state index contributed by atoms with van der Waals surface area (Å²) in [5.74, 6) is 0.397. The molecule has 38 heavy (non-hydrogen) atoms. The lowest BCUT2D eigenvalue weighted by Gasteiger charge is -2.31. The molecule has 1 aromatic heterocycles. The highest BCUT2D eigenvalue weighted by molar-refractivity contribution is 5.91. The molecule has 4 rings (SSSR count). The lowest BCUT2D eigenvalue weighted by molar-refractivity contribution is -0.144. The van der Waals surface area contributed by atoms with E-state index in [4.69, 9.17) is 10.5 Å². The van der Waals surface area contributed by atoms with Crippen LogP contribution >= 0.6 is 0 Å². The Kier molecular flexibility index (Phi) is 7.96. The third kappa shape index (κ3) is 6.09. The number of piperidine rings is 1. The standard InChI is InChI=1S/C27H32F3N5O3/c1-4-38-24(36)15-35-9-7-17(8-10-35)18-5-6-22-23(13-18)25(33-34(3)26(22)37)32-16(2)19-11-20(27(28,29)30)14-21(31)12-19/h5-6,11-14,16-17H,4,7-10,15,31H2,1-3H3,(H,32,33). The van der Waals surface area contributed by atoms with E-state index in [0.29, 0.717) is 28.8 Å². The number of hydrogen-bond acceptors (Lipinski definition) is 7. The fraction of sp³-hybridized carbons (Fsp3) is 0.444. The van der Waals surface area contributed by atoms with E-state index in [1.807, 2.05) is 12.1 Å². The van der Waals surface area contributed by atoms with Crippen molar-refractivity contribution < 1.29 is 22.7 Å². The van der Waals surface area contributed by atoms with Crippen molar-refractivity contribution in [3.63, 3.8) is 0 Å². The topological polar surface area (TPSA) is 102 Å². The molecular formula is C27H32F3N5O3. The lowest BCUT2D eigenvalue weighted by atomic mass is 9.88. The summed E-state index contributed by atoms with van der Waals surface area (Å²) in [4.78, 5) is 26.7. The Hall–Kier alpha value is -3.60. The van der Waals surface area contributed by atoms with Gasteiger partial charge < -0.3 is 15.8 Å². The molecule has 1 fully saturated rings. The monoisotopic (exact) mass is 531 g/mol. The van der Waals surface area contributed by atoms with Gasteiger partial charge in [0.25, 0.3) is 5.56 Å². The summed E-state index contributed by atoms with van der Waals surface area (Å²) < 4.78 is 46.3. The Morgan fingerprint density at radius 1 is 1.18 bits per heavy atom. The summed E-state index contributed by atoms with van der Waals surface area (Å²) in [6, 6.07) is 8.54. The van der Waals surface area contributed by atoms with Crippen molar-refractivity contribution in [2.75, 3.05) is 37.3 Å². The molecule has 1 saturated heterocycles. The van der Waals surface area contributed by atoms with Crippen LogP contribution in [0.5, 0.6) is 0 Å². The second-order valence-electron chi connectivity index (χ2n) is 9.69. The zero-order valence-corrected chi connectivity index (χ0v) is 21.6. The highest BCUT2D eigenvalue weighted by Crippen LogP contribution is 2.35. The number of hydrogen-bond donors (Lipinski definition) is 2. The number of likely N-dealkylation sites (tertiary alicyclic amines) is 1. The Morgan fingerprint density at radius 2 is 1.89 bits per heavy atom. The molecule has 0 spiro atoms. The summed E-state index contributed by atoms with van der Waals surface area (Å²) in [6.45, 7) is 5.62. The molecular weight excluding hydrogens is 499 g/mol. The van der Waals surface area contributed by atoms with E-state index in [1.165, 1.54) is 17.8 Å². The Bertz CT molecular complexity index is 1380. The van der Waals surface area contributed by atoms with Crippen LogP contribution in [0.2, 0.25) is 0 Å². The van der Waals surface area contributed by atoms with E-state index in [1.54, 1.807) is 19.9 Å². The number of nitrogens with two attached hydrogens (primary N) is 1. The summed E-state index contributed by atoms with van der Waals surface area (Å²) >= 11 is 0. The number of aromatic nitrogens is 2. The number of aryl methyl sites for hydroxylation is 1. The smallest absolute Gasteiger partial charge is 0.416 e. The van der Waals surface area contributed by atoms with Crippen molar-refractivity contribution in [1.82, 2.24) is 14.7 Å². The van der Waals surface area contributed by atoms with Crippen molar-refractivity contribution in [3.05, 3.63) is 63.4 Å². The molecule has 0 aliphatic carbocycles. The van der Waals surface area contributed by atoms with Gasteiger partial charge in [-0.25, -0.2) is 4.68 Å². The summed E-state index contributed by atoms with van der Waals surface area (Å²) in [6.07, 6.45) is -2.84. The molecule has 0 amide bonds. The number of alkyl halides is 3. The number of ether oxygens (including phenoxy) is 1. The third-order valence-electron chi connectivity index (χ3n) is 6.95. The van der Waals surface area contributed by atoms with Crippen LogP contribution in [-0.2, 0) is 22.8 Å². The molecule has 3 N–H and O–H groups in total. The summed E-state index contributed by atoms with van der Waals surface area (Å²) in [5, 5.41) is 8.65. The molecule has 1 aliphatic rings. The average Bonchev–Trinajstić information content (AvgIpc) is 2.86. The number of halogens is 3. The zero-order chi connectivity index (χ0) is 27.6. The number of anilines is 2. The van der Waals surface area contributed by atoms with E-state index >= 15 is 0 Å². The number of benzene rings is 2. The summed E-state index contributed by atoms with van der Waals surface area (Å²) in [5.41, 5.74) is 6.08. The third-order valence-corrected chi connectivity index (χ3v) is 6.95. The minimum absolute atomic E-state index is 0.0124. The van der Waals surface area contributed by atoms with Crippen LogP contribution in [0.4, 0.5) is 24.7 Å². The van der Waals surface area contributed by atoms with Gasteiger partial charge in [-0.3, -0.25) is 14.5 Å². The quantitative estimate of drug-likeness (QED) is 0.343. The molecule has 3 aromatic rings. The van der Waals surface area contributed by atoms with Crippen molar-refractivity contribution in [2.24, 2.45) is 7.05 Å². The predicted molar refractivity (Wildman–Crippen MR) is 140 cm³/mol. The minimum atomic E-state index is -4.52. The van der Waals surface area contributed by atoms with Gasteiger partial charge in [-0.1, -0.05) is 6.07 Å². The van der Waals surface area contributed by atoms with Gasteiger partial charge in [0, 0.05) is 18.1 Å². The fourth-order valence-corrected chi connectivity index (χ4v) is 4.92. The number of fused-ring (bicyclic) bond motifs is 1. The maximum atomic E-state index is 13.3. The van der Waals surface area contributed by atoms with Crippen molar-refractivity contribution in [3.8, 4) is 0 Å². The van der Waals surface area contributed by atoms with Gasteiger partial charge in [0.05, 0.1) is 30.1 Å². The van der Waals surface area contributed by atoms with Crippen LogP contribution in [0.1, 0.15) is 55.3 Å². The highest BCUT2D eigenvalue weighted by atomic mass is 19.4. The van der Waals surface area contributed by atoms with Gasteiger partial charge in [0.2, 0.25) is 0 Å². The average molecular weight is 532 g/mol. The van der Waals surface area contributed by atoms with Gasteiger partial charge in [-0.05, 0) is 87.2 Å².